The minimum atomic E-state index is -0.761. The zero-order valence-corrected chi connectivity index (χ0v) is 41.1. The molecule has 0 spiro atoms. The van der Waals surface area contributed by atoms with Crippen molar-refractivity contribution >= 4 is 17.9 Å². The lowest BCUT2D eigenvalue weighted by atomic mass is 9.99. The average Bonchev–Trinajstić information content (AvgIpc) is 3.23. The van der Waals surface area contributed by atoms with Crippen LogP contribution in [0.2, 0.25) is 0 Å². The molecule has 0 saturated carbocycles. The topological polar surface area (TPSA) is 78.9 Å². The molecular formula is C54H104O6. The fraction of sp³-hybridized carbons (Fsp3) is 0.944. The number of ether oxygens (including phenoxy) is 3. The number of unbranched alkanes of at least 4 members (excludes halogenated alkanes) is 32. The predicted octanol–water partition coefficient (Wildman–Crippen LogP) is 17.3. The molecule has 0 aromatic heterocycles. The van der Waals surface area contributed by atoms with Crippen molar-refractivity contribution < 1.29 is 28.6 Å². The highest BCUT2D eigenvalue weighted by atomic mass is 16.6. The van der Waals surface area contributed by atoms with Gasteiger partial charge in [-0.1, -0.05) is 259 Å². The highest BCUT2D eigenvalue weighted by Gasteiger charge is 2.19. The molecule has 0 aliphatic rings. The minimum absolute atomic E-state index is 0.0634. The molecule has 60 heavy (non-hydrogen) atoms. The first-order chi connectivity index (χ1) is 29.3. The molecule has 6 nitrogen and oxygen atoms in total. The van der Waals surface area contributed by atoms with E-state index in [9.17, 15) is 14.4 Å². The maximum absolute atomic E-state index is 12.8. The van der Waals surface area contributed by atoms with Crippen LogP contribution in [0.3, 0.4) is 0 Å². The van der Waals surface area contributed by atoms with Gasteiger partial charge in [0.2, 0.25) is 0 Å². The van der Waals surface area contributed by atoms with E-state index in [1.807, 2.05) is 0 Å². The van der Waals surface area contributed by atoms with Gasteiger partial charge in [-0.25, -0.2) is 0 Å². The summed E-state index contributed by atoms with van der Waals surface area (Å²) in [4.78, 5) is 38.0. The van der Waals surface area contributed by atoms with Gasteiger partial charge in [0.15, 0.2) is 6.10 Å². The van der Waals surface area contributed by atoms with E-state index in [0.717, 1.165) is 69.6 Å². The first-order valence-corrected chi connectivity index (χ1v) is 26.8. The summed E-state index contributed by atoms with van der Waals surface area (Å²) in [7, 11) is 0. The summed E-state index contributed by atoms with van der Waals surface area (Å²) < 4.78 is 16.8. The number of esters is 3. The van der Waals surface area contributed by atoms with E-state index in [0.29, 0.717) is 19.3 Å². The smallest absolute Gasteiger partial charge is 0.306 e. The van der Waals surface area contributed by atoms with Crippen LogP contribution in [0.15, 0.2) is 0 Å². The molecule has 0 heterocycles. The molecule has 6 heteroatoms. The van der Waals surface area contributed by atoms with Crippen LogP contribution in [0.5, 0.6) is 0 Å². The third kappa shape index (κ3) is 45.9. The number of rotatable bonds is 48. The molecule has 0 aromatic carbocycles. The van der Waals surface area contributed by atoms with Crippen molar-refractivity contribution in [3.63, 3.8) is 0 Å². The Morgan fingerprint density at radius 3 is 0.950 bits per heavy atom. The van der Waals surface area contributed by atoms with Gasteiger partial charge in [-0.2, -0.15) is 0 Å². The van der Waals surface area contributed by atoms with Crippen LogP contribution in [0.4, 0.5) is 0 Å². The summed E-state index contributed by atoms with van der Waals surface area (Å²) in [5, 5.41) is 0. The molecule has 0 saturated heterocycles. The molecule has 0 aliphatic heterocycles. The summed E-state index contributed by atoms with van der Waals surface area (Å²) in [6.45, 7) is 11.4. The van der Waals surface area contributed by atoms with Gasteiger partial charge >= 0.3 is 17.9 Å². The Bertz CT molecular complexity index is 918. The van der Waals surface area contributed by atoms with E-state index in [2.05, 4.69) is 34.6 Å². The zero-order chi connectivity index (χ0) is 44.0. The SMILES string of the molecule is CCCCCCCCCCCCCC(=O)OC[C@H](COC(=O)CCCCCCCCCCCCC(C)CC)OC(=O)CCCCCCCCCCCCCCCCC(C)C. The van der Waals surface area contributed by atoms with Crippen molar-refractivity contribution in [2.75, 3.05) is 13.2 Å². The first kappa shape index (κ1) is 58.4. The van der Waals surface area contributed by atoms with Gasteiger partial charge < -0.3 is 14.2 Å². The Hall–Kier alpha value is -1.59. The van der Waals surface area contributed by atoms with Gasteiger partial charge in [-0.3, -0.25) is 14.4 Å². The fourth-order valence-electron chi connectivity index (χ4n) is 8.13. The van der Waals surface area contributed by atoms with Crippen LogP contribution in [0.1, 0.15) is 298 Å². The molecule has 0 radical (unpaired) electrons. The van der Waals surface area contributed by atoms with Crippen molar-refractivity contribution in [3.05, 3.63) is 0 Å². The fourth-order valence-corrected chi connectivity index (χ4v) is 8.13. The number of carbonyl (C=O) groups is 3. The van der Waals surface area contributed by atoms with Gasteiger partial charge in [-0.15, -0.1) is 0 Å². The lowest BCUT2D eigenvalue weighted by Gasteiger charge is -2.18. The van der Waals surface area contributed by atoms with Crippen molar-refractivity contribution in [2.45, 2.75) is 304 Å². The lowest BCUT2D eigenvalue weighted by Crippen LogP contribution is -2.30. The second kappa shape index (κ2) is 46.9. The Morgan fingerprint density at radius 2 is 0.633 bits per heavy atom. The van der Waals surface area contributed by atoms with E-state index in [-0.39, 0.29) is 31.1 Å². The average molecular weight is 849 g/mol. The van der Waals surface area contributed by atoms with Crippen LogP contribution < -0.4 is 0 Å². The Morgan fingerprint density at radius 1 is 0.350 bits per heavy atom. The Labute approximate surface area is 374 Å². The third-order valence-corrected chi connectivity index (χ3v) is 12.6. The van der Waals surface area contributed by atoms with E-state index in [1.165, 1.54) is 186 Å². The third-order valence-electron chi connectivity index (χ3n) is 12.6. The molecule has 1 unspecified atom stereocenters. The molecule has 0 amide bonds. The van der Waals surface area contributed by atoms with Crippen molar-refractivity contribution in [1.29, 1.82) is 0 Å². The van der Waals surface area contributed by atoms with E-state index in [1.54, 1.807) is 0 Å². The van der Waals surface area contributed by atoms with Gasteiger partial charge in [0.05, 0.1) is 0 Å². The van der Waals surface area contributed by atoms with Gasteiger partial charge in [-0.05, 0) is 31.1 Å². The largest absolute Gasteiger partial charge is 0.462 e. The molecule has 0 N–H and O–H groups in total. The van der Waals surface area contributed by atoms with Crippen LogP contribution in [-0.4, -0.2) is 37.2 Å². The number of hydrogen-bond donors (Lipinski definition) is 0. The summed E-state index contributed by atoms with van der Waals surface area (Å²) in [6, 6.07) is 0. The Balaban J connectivity index is 4.30. The van der Waals surface area contributed by atoms with Crippen molar-refractivity contribution in [1.82, 2.24) is 0 Å². The number of hydrogen-bond acceptors (Lipinski definition) is 6. The Kier molecular flexibility index (Phi) is 45.7. The first-order valence-electron chi connectivity index (χ1n) is 26.8. The maximum Gasteiger partial charge on any atom is 0.306 e. The monoisotopic (exact) mass is 849 g/mol. The van der Waals surface area contributed by atoms with E-state index >= 15 is 0 Å². The molecule has 0 fully saturated rings. The quantitative estimate of drug-likeness (QED) is 0.0345. The summed E-state index contributed by atoms with van der Waals surface area (Å²) in [5.41, 5.74) is 0. The standard InChI is InChI=1S/C54H104O6/c1-6-8-9-10-11-12-17-24-29-34-39-44-52(55)58-47-51(48-59-53(56)45-40-35-30-25-21-20-23-28-33-38-43-50(5)7-2)60-54(57)46-41-36-31-26-19-16-14-13-15-18-22-27-32-37-42-49(3)4/h49-51H,6-48H2,1-5H3/t50?,51-/m1/s1. The van der Waals surface area contributed by atoms with Crippen LogP contribution in [0.25, 0.3) is 0 Å². The van der Waals surface area contributed by atoms with Crippen molar-refractivity contribution in [3.8, 4) is 0 Å². The molecule has 0 rings (SSSR count). The summed E-state index contributed by atoms with van der Waals surface area (Å²) in [6.07, 6.45) is 47.9. The highest BCUT2D eigenvalue weighted by Crippen LogP contribution is 2.18. The van der Waals surface area contributed by atoms with E-state index in [4.69, 9.17) is 14.2 Å². The van der Waals surface area contributed by atoms with Gasteiger partial charge in [0.1, 0.15) is 13.2 Å². The van der Waals surface area contributed by atoms with Crippen LogP contribution in [-0.2, 0) is 28.6 Å². The highest BCUT2D eigenvalue weighted by molar-refractivity contribution is 5.71. The normalized spacial score (nSPS) is 12.5. The zero-order valence-electron chi connectivity index (χ0n) is 41.1. The van der Waals surface area contributed by atoms with E-state index < -0.39 is 6.10 Å². The number of carbonyl (C=O) groups excluding carboxylic acids is 3. The van der Waals surface area contributed by atoms with Crippen molar-refractivity contribution in [2.24, 2.45) is 11.8 Å². The summed E-state index contributed by atoms with van der Waals surface area (Å²) >= 11 is 0. The summed E-state index contributed by atoms with van der Waals surface area (Å²) in [5.74, 6) is 0.867. The van der Waals surface area contributed by atoms with Gasteiger partial charge in [0.25, 0.3) is 0 Å². The lowest BCUT2D eigenvalue weighted by molar-refractivity contribution is -0.167. The predicted molar refractivity (Wildman–Crippen MR) is 256 cm³/mol. The maximum atomic E-state index is 12.8. The van der Waals surface area contributed by atoms with Gasteiger partial charge in [0, 0.05) is 19.3 Å². The molecule has 0 aliphatic carbocycles. The minimum Gasteiger partial charge on any atom is -0.462 e. The molecule has 356 valence electrons. The second-order valence-electron chi connectivity index (χ2n) is 19.2. The second-order valence-corrected chi connectivity index (χ2v) is 19.2. The van der Waals surface area contributed by atoms with Crippen LogP contribution in [0, 0.1) is 11.8 Å². The molecule has 2 atom stereocenters. The molecule has 0 aromatic rings. The molecular weight excluding hydrogens is 745 g/mol. The molecule has 0 bridgehead atoms. The van der Waals surface area contributed by atoms with Crippen LogP contribution >= 0.6 is 0 Å².